The number of carbonyl (C=O) groups excluding carboxylic acids is 1. The van der Waals surface area contributed by atoms with Gasteiger partial charge in [0.05, 0.1) is 38.4 Å². The van der Waals surface area contributed by atoms with Gasteiger partial charge in [0.1, 0.15) is 6.23 Å². The number of hydrogen-bond acceptors (Lipinski definition) is 9. The van der Waals surface area contributed by atoms with Crippen molar-refractivity contribution in [2.45, 2.75) is 70.0 Å². The summed E-state index contributed by atoms with van der Waals surface area (Å²) in [5.74, 6) is 0.633. The number of carbonyl (C=O) groups is 1. The summed E-state index contributed by atoms with van der Waals surface area (Å²) in [6.07, 6.45) is 0.148. The lowest BCUT2D eigenvalue weighted by Crippen LogP contribution is -2.69. The molecule has 10 heteroatoms. The average molecular weight is 527 g/mol. The molecule has 6 unspecified atom stereocenters. The summed E-state index contributed by atoms with van der Waals surface area (Å²) < 4.78 is 11.1. The summed E-state index contributed by atoms with van der Waals surface area (Å²) in [7, 11) is 5.04. The summed E-state index contributed by atoms with van der Waals surface area (Å²) in [4.78, 5) is 16.6. The van der Waals surface area contributed by atoms with E-state index >= 15 is 0 Å². The molecule has 0 radical (unpaired) electrons. The molecule has 3 aliphatic heterocycles. The van der Waals surface area contributed by atoms with Gasteiger partial charge in [-0.25, -0.2) is 0 Å². The molecule has 38 heavy (non-hydrogen) atoms. The number of nitrogens with one attached hydrogen (secondary N) is 1. The van der Waals surface area contributed by atoms with Crippen molar-refractivity contribution in [3.63, 3.8) is 0 Å². The molecule has 0 saturated carbocycles. The topological polar surface area (TPSA) is 141 Å². The highest BCUT2D eigenvalue weighted by atomic mass is 16.5. The van der Waals surface area contributed by atoms with Crippen LogP contribution in [0.15, 0.2) is 12.1 Å². The van der Waals surface area contributed by atoms with Gasteiger partial charge in [-0.2, -0.15) is 0 Å². The molecule has 0 spiro atoms. The Kier molecular flexibility index (Phi) is 6.71. The number of hydrogen-bond donors (Lipinski definition) is 5. The smallest absolute Gasteiger partial charge is 0.236 e. The number of piperazine rings is 1. The number of rotatable bonds is 5. The summed E-state index contributed by atoms with van der Waals surface area (Å²) in [5, 5.41) is 37.5. The zero-order chi connectivity index (χ0) is 27.6. The van der Waals surface area contributed by atoms with Crippen LogP contribution < -0.4 is 20.5 Å². The number of nitrogens with zero attached hydrogens (tertiary/aromatic N) is 2. The second-order valence-corrected chi connectivity index (χ2v) is 10.9. The first-order chi connectivity index (χ1) is 18.0. The summed E-state index contributed by atoms with van der Waals surface area (Å²) in [6, 6.07) is 2.01. The number of nitrogens with two attached hydrogens (primary N) is 1. The number of fused-ring (bicyclic) bond motifs is 7. The van der Waals surface area contributed by atoms with Crippen LogP contribution in [-0.4, -0.2) is 83.2 Å². The van der Waals surface area contributed by atoms with Crippen LogP contribution in [0.5, 0.6) is 23.0 Å². The summed E-state index contributed by atoms with van der Waals surface area (Å²) >= 11 is 0. The van der Waals surface area contributed by atoms with Gasteiger partial charge in [-0.1, -0.05) is 12.1 Å². The number of aliphatic hydroxyl groups excluding tert-OH is 1. The Morgan fingerprint density at radius 3 is 2.13 bits per heavy atom. The molecule has 1 fully saturated rings. The molecule has 5 rings (SSSR count). The fourth-order valence-electron chi connectivity index (χ4n) is 6.98. The Balaban J connectivity index is 1.70. The average Bonchev–Trinajstić information content (AvgIpc) is 2.85. The summed E-state index contributed by atoms with van der Waals surface area (Å²) in [5.41, 5.74) is 10.8. The van der Waals surface area contributed by atoms with Gasteiger partial charge in [0.2, 0.25) is 5.91 Å². The molecule has 6 atom stereocenters. The van der Waals surface area contributed by atoms with Crippen molar-refractivity contribution in [2.75, 3.05) is 27.8 Å². The Hall–Kier alpha value is -3.05. The van der Waals surface area contributed by atoms with Crippen molar-refractivity contribution in [1.82, 2.24) is 15.1 Å². The number of amides is 1. The number of phenolic OH excluding ortho intramolecular Hbond substituents is 2. The van der Waals surface area contributed by atoms with E-state index in [2.05, 4.69) is 10.2 Å². The van der Waals surface area contributed by atoms with E-state index in [0.717, 1.165) is 27.8 Å². The molecule has 1 saturated heterocycles. The molecule has 10 nitrogen and oxygen atoms in total. The largest absolute Gasteiger partial charge is 0.504 e. The Morgan fingerprint density at radius 1 is 1.05 bits per heavy atom. The van der Waals surface area contributed by atoms with E-state index in [9.17, 15) is 20.1 Å². The van der Waals surface area contributed by atoms with Gasteiger partial charge in [-0.3, -0.25) is 14.6 Å². The molecule has 206 valence electrons. The van der Waals surface area contributed by atoms with Gasteiger partial charge >= 0.3 is 0 Å². The first-order valence-corrected chi connectivity index (χ1v) is 13.0. The third-order valence-corrected chi connectivity index (χ3v) is 8.63. The number of phenols is 2. The van der Waals surface area contributed by atoms with E-state index in [-0.39, 0.29) is 42.1 Å². The number of benzene rings is 2. The molecule has 0 aliphatic carbocycles. The van der Waals surface area contributed by atoms with Crippen LogP contribution in [0.4, 0.5) is 0 Å². The maximum atomic E-state index is 12.5. The highest BCUT2D eigenvalue weighted by Crippen LogP contribution is 2.55. The molecule has 1 amide bonds. The monoisotopic (exact) mass is 526 g/mol. The number of methoxy groups -OCH3 is 2. The minimum atomic E-state index is -0.893. The van der Waals surface area contributed by atoms with Gasteiger partial charge in [-0.05, 0) is 62.9 Å². The number of likely N-dealkylation sites (N-methyl/N-ethyl adjacent to an activating group) is 1. The zero-order valence-electron chi connectivity index (χ0n) is 22.8. The molecule has 3 heterocycles. The zero-order valence-corrected chi connectivity index (χ0v) is 22.8. The Labute approximate surface area is 222 Å². The van der Waals surface area contributed by atoms with E-state index in [0.29, 0.717) is 29.9 Å². The maximum Gasteiger partial charge on any atom is 0.236 e. The lowest BCUT2D eigenvalue weighted by molar-refractivity contribution is -0.172. The van der Waals surface area contributed by atoms with Crippen molar-refractivity contribution in [3.05, 3.63) is 45.5 Å². The standard InChI is InChI=1S/C28H38N4O6/c1-12-7-15-9-17-22-21-16(8-13(2)26(38-6)24(21)34)10-18(31(22)4)28(36)32(17)19(11-30-27(35)14(3)29)20(15)23(33)25(12)37-5/h7-8,14,17-19,22,28,33-34,36H,9-11,29H2,1-6H3,(H,30,35). The minimum absolute atomic E-state index is 0.0119. The van der Waals surface area contributed by atoms with Gasteiger partial charge in [0, 0.05) is 23.7 Å². The fraction of sp³-hybridized carbons (Fsp3) is 0.536. The third-order valence-electron chi connectivity index (χ3n) is 8.63. The van der Waals surface area contributed by atoms with Crippen LogP contribution in [0.1, 0.15) is 52.4 Å². The fourth-order valence-corrected chi connectivity index (χ4v) is 6.98. The van der Waals surface area contributed by atoms with Crippen molar-refractivity contribution >= 4 is 5.91 Å². The SMILES string of the molecule is COc1c(C)cc2c(c1O)C1C3Cc4cc(C)c(OC)c(O)c4C(CNC(=O)C(C)N)N3C(O)C(C2)N1C. The summed E-state index contributed by atoms with van der Waals surface area (Å²) in [6.45, 7) is 5.54. The van der Waals surface area contributed by atoms with Gasteiger partial charge in [0.15, 0.2) is 23.0 Å². The highest BCUT2D eigenvalue weighted by Gasteiger charge is 2.55. The molecular weight excluding hydrogens is 488 g/mol. The van der Waals surface area contributed by atoms with Crippen LogP contribution in [0.25, 0.3) is 0 Å². The molecule has 6 N–H and O–H groups in total. The van der Waals surface area contributed by atoms with Crippen molar-refractivity contribution < 1.29 is 29.6 Å². The van der Waals surface area contributed by atoms with Crippen LogP contribution in [0.2, 0.25) is 0 Å². The van der Waals surface area contributed by atoms with Gasteiger partial charge < -0.3 is 35.8 Å². The van der Waals surface area contributed by atoms with Crippen LogP contribution in [-0.2, 0) is 17.6 Å². The molecule has 0 aromatic heterocycles. The van der Waals surface area contributed by atoms with E-state index in [1.807, 2.05) is 37.9 Å². The van der Waals surface area contributed by atoms with Crippen LogP contribution >= 0.6 is 0 Å². The lowest BCUT2D eigenvalue weighted by Gasteiger charge is -2.60. The van der Waals surface area contributed by atoms with Gasteiger partial charge in [-0.15, -0.1) is 0 Å². The van der Waals surface area contributed by atoms with Crippen molar-refractivity contribution in [3.8, 4) is 23.0 Å². The second-order valence-electron chi connectivity index (χ2n) is 10.9. The van der Waals surface area contributed by atoms with Crippen LogP contribution in [0, 0.1) is 13.8 Å². The predicted molar refractivity (Wildman–Crippen MR) is 142 cm³/mol. The minimum Gasteiger partial charge on any atom is -0.504 e. The number of aryl methyl sites for hydroxylation is 2. The second kappa shape index (κ2) is 9.60. The molecular formula is C28H38N4O6. The highest BCUT2D eigenvalue weighted by molar-refractivity contribution is 5.81. The first-order valence-electron chi connectivity index (χ1n) is 13.0. The van der Waals surface area contributed by atoms with Gasteiger partial charge in [0.25, 0.3) is 0 Å². The Bertz CT molecular complexity index is 1280. The Morgan fingerprint density at radius 2 is 1.58 bits per heavy atom. The lowest BCUT2D eigenvalue weighted by atomic mass is 9.73. The molecule has 2 bridgehead atoms. The quantitative estimate of drug-likeness (QED) is 0.391. The normalized spacial score (nSPS) is 27.1. The van der Waals surface area contributed by atoms with Crippen molar-refractivity contribution in [2.24, 2.45) is 5.73 Å². The molecule has 3 aliphatic rings. The van der Waals surface area contributed by atoms with Crippen molar-refractivity contribution in [1.29, 1.82) is 0 Å². The van der Waals surface area contributed by atoms with Crippen LogP contribution in [0.3, 0.4) is 0 Å². The molecule has 2 aromatic rings. The number of aliphatic hydroxyl groups is 1. The maximum absolute atomic E-state index is 12.5. The third kappa shape index (κ3) is 3.81. The molecule has 2 aromatic carbocycles. The van der Waals surface area contributed by atoms with E-state index in [1.165, 1.54) is 7.11 Å². The van der Waals surface area contributed by atoms with E-state index in [1.54, 1.807) is 14.0 Å². The van der Waals surface area contributed by atoms with E-state index < -0.39 is 18.3 Å². The predicted octanol–water partition coefficient (Wildman–Crippen LogP) is 1.39. The van der Waals surface area contributed by atoms with E-state index in [4.69, 9.17) is 15.2 Å². The number of ether oxygens (including phenoxy) is 2. The first kappa shape index (κ1) is 26.6. The number of aromatic hydroxyl groups is 2.